The molecule has 0 bridgehead atoms. The van der Waals surface area contributed by atoms with Crippen LogP contribution in [0.15, 0.2) is 41.6 Å². The molecule has 0 saturated carbocycles. The Morgan fingerprint density at radius 2 is 1.85 bits per heavy atom. The van der Waals surface area contributed by atoms with E-state index in [-0.39, 0.29) is 43.3 Å². The highest BCUT2D eigenvalue weighted by Gasteiger charge is 2.20. The van der Waals surface area contributed by atoms with Crippen LogP contribution in [0.3, 0.4) is 0 Å². The molecule has 1 saturated heterocycles. The third-order valence-corrected chi connectivity index (χ3v) is 5.61. The molecule has 10 heteroatoms. The van der Waals surface area contributed by atoms with E-state index in [4.69, 9.17) is 0 Å². The minimum absolute atomic E-state index is 0. The highest BCUT2D eigenvalue weighted by Crippen LogP contribution is 2.18. The van der Waals surface area contributed by atoms with Gasteiger partial charge in [0.2, 0.25) is 10.0 Å². The molecule has 2 aromatic rings. The summed E-state index contributed by atoms with van der Waals surface area (Å²) in [7, 11) is -3.51. The molecule has 2 N–H and O–H groups in total. The van der Waals surface area contributed by atoms with Crippen molar-refractivity contribution in [1.82, 2.24) is 19.9 Å². The van der Waals surface area contributed by atoms with Gasteiger partial charge in [-0.1, -0.05) is 6.07 Å². The molecule has 2 heterocycles. The number of halogens is 3. The van der Waals surface area contributed by atoms with Crippen molar-refractivity contribution in [2.75, 3.05) is 32.7 Å². The molecule has 1 unspecified atom stereocenters. The summed E-state index contributed by atoms with van der Waals surface area (Å²) in [5.41, 5.74) is 0. The molecule has 1 aliphatic heterocycles. The topological polar surface area (TPSA) is 74.3 Å². The maximum atomic E-state index is 12.6. The van der Waals surface area contributed by atoms with Gasteiger partial charge in [-0.05, 0) is 30.5 Å². The van der Waals surface area contributed by atoms with Crippen LogP contribution in [0.4, 0.5) is 0 Å². The van der Waals surface area contributed by atoms with E-state index in [9.17, 15) is 8.42 Å². The first-order valence-electron chi connectivity index (χ1n) is 7.84. The molecule has 0 radical (unpaired) electrons. The molecule has 3 rings (SSSR count). The first kappa shape index (κ1) is 25.3. The van der Waals surface area contributed by atoms with Gasteiger partial charge in [0.05, 0.1) is 4.90 Å². The lowest BCUT2D eigenvalue weighted by molar-refractivity contribution is 0.227. The van der Waals surface area contributed by atoms with Crippen LogP contribution in [-0.2, 0) is 10.0 Å². The van der Waals surface area contributed by atoms with E-state index in [0.29, 0.717) is 4.90 Å². The number of hydrogen-bond acceptors (Lipinski definition) is 5. The molecule has 6 nitrogen and oxygen atoms in total. The van der Waals surface area contributed by atoms with Crippen molar-refractivity contribution in [3.63, 3.8) is 0 Å². The summed E-state index contributed by atoms with van der Waals surface area (Å²) in [4.78, 5) is 6.61. The third-order valence-electron chi connectivity index (χ3n) is 4.02. The van der Waals surface area contributed by atoms with Crippen molar-refractivity contribution in [3.05, 3.63) is 36.7 Å². The van der Waals surface area contributed by atoms with Crippen LogP contribution in [0.5, 0.6) is 0 Å². The number of aromatic nitrogens is 1. The molecule has 1 aromatic heterocycles. The summed E-state index contributed by atoms with van der Waals surface area (Å²) in [6.07, 6.45) is 3.39. The summed E-state index contributed by atoms with van der Waals surface area (Å²) in [5.74, 6) is 0. The molecule has 0 aliphatic carbocycles. The number of piperazine rings is 1. The Balaban J connectivity index is 0.00000208. The summed E-state index contributed by atoms with van der Waals surface area (Å²) in [5, 5.41) is 5.10. The SMILES string of the molecule is CC(CN1CCNCC1)NS(=O)(=O)c1ccc2cnccc2c1.Cl.Cl.Cl. The number of nitrogens with one attached hydrogen (secondary N) is 2. The lowest BCUT2D eigenvalue weighted by atomic mass is 10.2. The van der Waals surface area contributed by atoms with Gasteiger partial charge in [0.25, 0.3) is 0 Å². The van der Waals surface area contributed by atoms with E-state index < -0.39 is 10.0 Å². The van der Waals surface area contributed by atoms with Crippen molar-refractivity contribution >= 4 is 58.0 Å². The predicted octanol–water partition coefficient (Wildman–Crippen LogP) is 2.07. The van der Waals surface area contributed by atoms with E-state index in [1.807, 2.05) is 13.0 Å². The fraction of sp³-hybridized carbons (Fsp3) is 0.438. The second kappa shape index (κ2) is 11.2. The molecular weight excluding hydrogens is 419 g/mol. The maximum absolute atomic E-state index is 12.6. The predicted molar refractivity (Wildman–Crippen MR) is 113 cm³/mol. The van der Waals surface area contributed by atoms with Crippen LogP contribution < -0.4 is 10.0 Å². The minimum Gasteiger partial charge on any atom is -0.314 e. The van der Waals surface area contributed by atoms with Gasteiger partial charge in [-0.2, -0.15) is 0 Å². The average Bonchev–Trinajstić information content (AvgIpc) is 2.54. The van der Waals surface area contributed by atoms with Gasteiger partial charge in [0.15, 0.2) is 0 Å². The Labute approximate surface area is 173 Å². The highest BCUT2D eigenvalue weighted by molar-refractivity contribution is 7.89. The number of sulfonamides is 1. The van der Waals surface area contributed by atoms with E-state index >= 15 is 0 Å². The number of nitrogens with zero attached hydrogens (tertiary/aromatic N) is 2. The van der Waals surface area contributed by atoms with Crippen molar-refractivity contribution in [1.29, 1.82) is 0 Å². The molecular formula is C16H25Cl3N4O2S. The second-order valence-corrected chi connectivity index (χ2v) is 7.67. The highest BCUT2D eigenvalue weighted by atomic mass is 35.5. The molecule has 0 amide bonds. The van der Waals surface area contributed by atoms with Gasteiger partial charge >= 0.3 is 0 Å². The fourth-order valence-electron chi connectivity index (χ4n) is 2.88. The number of hydrogen-bond donors (Lipinski definition) is 2. The van der Waals surface area contributed by atoms with E-state index in [1.54, 1.807) is 30.6 Å². The van der Waals surface area contributed by atoms with Gasteiger partial charge < -0.3 is 5.32 Å². The molecule has 1 fully saturated rings. The van der Waals surface area contributed by atoms with Gasteiger partial charge in [-0.15, -0.1) is 37.2 Å². The van der Waals surface area contributed by atoms with E-state index in [1.165, 1.54) is 0 Å². The van der Waals surface area contributed by atoms with Gasteiger partial charge in [-0.3, -0.25) is 9.88 Å². The quantitative estimate of drug-likeness (QED) is 0.740. The molecule has 1 aliphatic rings. The minimum atomic E-state index is -3.51. The third kappa shape index (κ3) is 6.49. The van der Waals surface area contributed by atoms with Gasteiger partial charge in [-0.25, -0.2) is 13.1 Å². The van der Waals surface area contributed by atoms with Crippen LogP contribution in [-0.4, -0.2) is 57.1 Å². The molecule has 1 aromatic carbocycles. The number of fused-ring (bicyclic) bond motifs is 1. The zero-order valence-electron chi connectivity index (χ0n) is 14.4. The Morgan fingerprint density at radius 3 is 2.54 bits per heavy atom. The number of benzene rings is 1. The zero-order valence-corrected chi connectivity index (χ0v) is 17.7. The summed E-state index contributed by atoms with van der Waals surface area (Å²) in [6.45, 7) is 6.45. The first-order valence-corrected chi connectivity index (χ1v) is 9.32. The number of rotatable bonds is 5. The summed E-state index contributed by atoms with van der Waals surface area (Å²) in [6, 6.07) is 6.79. The largest absolute Gasteiger partial charge is 0.314 e. The normalized spacial score (nSPS) is 16.0. The molecule has 0 spiro atoms. The monoisotopic (exact) mass is 442 g/mol. The molecule has 1 atom stereocenters. The maximum Gasteiger partial charge on any atom is 0.240 e. The Bertz CT molecular complexity index is 786. The lowest BCUT2D eigenvalue weighted by Gasteiger charge is -2.29. The summed E-state index contributed by atoms with van der Waals surface area (Å²) >= 11 is 0. The Kier molecular flexibility index (Phi) is 10.9. The standard InChI is InChI=1S/C16H22N4O2S.3ClH/c1-13(12-20-8-6-17-7-9-20)19-23(21,22)16-3-2-15-11-18-5-4-14(15)10-16;;;/h2-5,10-11,13,17,19H,6-9,12H2,1H3;3*1H. The van der Waals surface area contributed by atoms with Crippen LogP contribution in [0.2, 0.25) is 0 Å². The van der Waals surface area contributed by atoms with E-state index in [0.717, 1.165) is 43.5 Å². The van der Waals surface area contributed by atoms with Crippen molar-refractivity contribution in [3.8, 4) is 0 Å². The van der Waals surface area contributed by atoms with E-state index in [2.05, 4.69) is 19.9 Å². The Morgan fingerprint density at radius 1 is 1.15 bits per heavy atom. The van der Waals surface area contributed by atoms with Crippen molar-refractivity contribution in [2.45, 2.75) is 17.9 Å². The van der Waals surface area contributed by atoms with Crippen LogP contribution in [0.25, 0.3) is 10.8 Å². The lowest BCUT2D eigenvalue weighted by Crippen LogP contribution is -2.49. The molecule has 26 heavy (non-hydrogen) atoms. The average molecular weight is 444 g/mol. The second-order valence-electron chi connectivity index (χ2n) is 5.96. The van der Waals surface area contributed by atoms with Crippen LogP contribution in [0.1, 0.15) is 6.92 Å². The molecule has 148 valence electrons. The zero-order chi connectivity index (χ0) is 16.3. The van der Waals surface area contributed by atoms with Crippen LogP contribution >= 0.6 is 37.2 Å². The van der Waals surface area contributed by atoms with Crippen molar-refractivity contribution in [2.24, 2.45) is 0 Å². The van der Waals surface area contributed by atoms with Gasteiger partial charge in [0.1, 0.15) is 0 Å². The summed E-state index contributed by atoms with van der Waals surface area (Å²) < 4.78 is 27.9. The Hall–Kier alpha value is -0.670. The van der Waals surface area contributed by atoms with Crippen LogP contribution in [0, 0.1) is 0 Å². The smallest absolute Gasteiger partial charge is 0.240 e. The fourth-order valence-corrected chi connectivity index (χ4v) is 4.15. The van der Waals surface area contributed by atoms with Gasteiger partial charge in [0, 0.05) is 56.5 Å². The number of pyridine rings is 1. The van der Waals surface area contributed by atoms with Crippen molar-refractivity contribution < 1.29 is 8.42 Å². The first-order chi connectivity index (χ1) is 11.0.